The van der Waals surface area contributed by atoms with Gasteiger partial charge in [-0.05, 0) is 12.1 Å². The molecule has 3 rings (SSSR count). The maximum absolute atomic E-state index is 12.4. The molecule has 1 aromatic carbocycles. The first-order valence-electron chi connectivity index (χ1n) is 6.31. The zero-order valence-corrected chi connectivity index (χ0v) is 12.1. The summed E-state index contributed by atoms with van der Waals surface area (Å²) in [6.45, 7) is 0.0369. The number of benzene rings is 1. The average Bonchev–Trinajstić information content (AvgIpc) is 2.89. The lowest BCUT2D eigenvalue weighted by molar-refractivity contribution is -0.120. The second-order valence-corrected chi connectivity index (χ2v) is 5.50. The van der Waals surface area contributed by atoms with Gasteiger partial charge in [-0.3, -0.25) is 9.59 Å². The minimum atomic E-state index is -0.189. The zero-order valence-electron chi connectivity index (χ0n) is 11.3. The average molecular weight is 303 g/mol. The Hall–Kier alpha value is -2.35. The van der Waals surface area contributed by atoms with Crippen molar-refractivity contribution >= 4 is 35.0 Å². The van der Waals surface area contributed by atoms with Gasteiger partial charge in [-0.25, -0.2) is 0 Å². The Bertz CT molecular complexity index is 699. The molecule has 0 atom stereocenters. The van der Waals surface area contributed by atoms with Gasteiger partial charge < -0.3 is 14.8 Å². The number of nitrogens with zero attached hydrogens (tertiary/aromatic N) is 4. The first-order valence-corrected chi connectivity index (χ1v) is 7.30. The molecule has 0 aliphatic carbocycles. The van der Waals surface area contributed by atoms with E-state index in [2.05, 4.69) is 15.5 Å². The second-order valence-electron chi connectivity index (χ2n) is 4.56. The van der Waals surface area contributed by atoms with Crippen LogP contribution >= 0.6 is 11.8 Å². The summed E-state index contributed by atoms with van der Waals surface area (Å²) in [7, 11) is 1.82. The third-order valence-electron chi connectivity index (χ3n) is 3.07. The number of aromatic nitrogens is 3. The smallest absolute Gasteiger partial charge is 0.244 e. The number of nitrogens with one attached hydrogen (secondary N) is 1. The Balaban J connectivity index is 1.76. The number of carbonyl (C=O) groups excluding carboxylic acids is 2. The van der Waals surface area contributed by atoms with Crippen LogP contribution in [0.4, 0.5) is 11.4 Å². The van der Waals surface area contributed by atoms with Crippen molar-refractivity contribution in [2.45, 2.75) is 5.16 Å². The van der Waals surface area contributed by atoms with Gasteiger partial charge in [-0.1, -0.05) is 23.9 Å². The van der Waals surface area contributed by atoms with E-state index in [4.69, 9.17) is 0 Å². The van der Waals surface area contributed by atoms with Crippen LogP contribution in [0.15, 0.2) is 35.7 Å². The number of para-hydroxylation sites is 2. The third-order valence-corrected chi connectivity index (χ3v) is 4.09. The lowest BCUT2D eigenvalue weighted by Crippen LogP contribution is -2.43. The summed E-state index contributed by atoms with van der Waals surface area (Å²) in [5.41, 5.74) is 1.38. The highest BCUT2D eigenvalue weighted by atomic mass is 32.2. The number of anilines is 2. The summed E-state index contributed by atoms with van der Waals surface area (Å²) >= 11 is 1.30. The highest BCUT2D eigenvalue weighted by Gasteiger charge is 2.26. The summed E-state index contributed by atoms with van der Waals surface area (Å²) in [5.74, 6) is -0.121. The molecule has 2 heterocycles. The lowest BCUT2D eigenvalue weighted by Gasteiger charge is -2.28. The molecule has 1 aromatic heterocycles. The van der Waals surface area contributed by atoms with Gasteiger partial charge >= 0.3 is 0 Å². The van der Waals surface area contributed by atoms with Crippen LogP contribution in [-0.2, 0) is 16.6 Å². The first kappa shape index (κ1) is 13.6. The summed E-state index contributed by atoms with van der Waals surface area (Å²) in [4.78, 5) is 25.6. The van der Waals surface area contributed by atoms with Crippen molar-refractivity contribution in [2.75, 3.05) is 22.5 Å². The van der Waals surface area contributed by atoms with E-state index in [0.717, 1.165) is 5.69 Å². The van der Waals surface area contributed by atoms with Crippen LogP contribution in [0.3, 0.4) is 0 Å². The molecule has 21 heavy (non-hydrogen) atoms. The zero-order chi connectivity index (χ0) is 14.8. The molecule has 1 aliphatic rings. The van der Waals surface area contributed by atoms with Gasteiger partial charge in [0, 0.05) is 7.05 Å². The number of amides is 2. The number of hydrogen-bond donors (Lipinski definition) is 1. The van der Waals surface area contributed by atoms with Crippen molar-refractivity contribution in [3.8, 4) is 0 Å². The van der Waals surface area contributed by atoms with Gasteiger partial charge in [-0.15, -0.1) is 10.2 Å². The fourth-order valence-electron chi connectivity index (χ4n) is 2.06. The van der Waals surface area contributed by atoms with Crippen LogP contribution in [0.1, 0.15) is 0 Å². The highest BCUT2D eigenvalue weighted by molar-refractivity contribution is 7.99. The summed E-state index contributed by atoms with van der Waals surface area (Å²) in [6.07, 6.45) is 1.58. The van der Waals surface area contributed by atoms with Crippen molar-refractivity contribution < 1.29 is 9.59 Å². The summed E-state index contributed by atoms with van der Waals surface area (Å²) in [6, 6.07) is 7.26. The number of carbonyl (C=O) groups is 2. The van der Waals surface area contributed by atoms with Crippen LogP contribution in [0.5, 0.6) is 0 Å². The maximum Gasteiger partial charge on any atom is 0.244 e. The van der Waals surface area contributed by atoms with Crippen LogP contribution in [0, 0.1) is 0 Å². The van der Waals surface area contributed by atoms with Crippen molar-refractivity contribution in [1.29, 1.82) is 0 Å². The van der Waals surface area contributed by atoms with Gasteiger partial charge in [0.15, 0.2) is 5.16 Å². The topological polar surface area (TPSA) is 80.1 Å². The second kappa shape index (κ2) is 5.57. The van der Waals surface area contributed by atoms with Crippen LogP contribution in [-0.4, -0.2) is 38.9 Å². The Morgan fingerprint density at radius 1 is 1.43 bits per heavy atom. The minimum Gasteiger partial charge on any atom is -0.323 e. The molecule has 1 N–H and O–H groups in total. The van der Waals surface area contributed by atoms with Gasteiger partial charge in [-0.2, -0.15) is 0 Å². The molecule has 8 heteroatoms. The molecule has 0 unspecified atom stereocenters. The maximum atomic E-state index is 12.4. The fourth-order valence-corrected chi connectivity index (χ4v) is 2.83. The molecule has 2 amide bonds. The molecule has 0 saturated heterocycles. The molecule has 0 spiro atoms. The summed E-state index contributed by atoms with van der Waals surface area (Å²) in [5, 5.41) is 11.1. The van der Waals surface area contributed by atoms with Crippen molar-refractivity contribution in [3.63, 3.8) is 0 Å². The molecule has 0 bridgehead atoms. The predicted molar refractivity (Wildman–Crippen MR) is 79.2 cm³/mol. The standard InChI is InChI=1S/C13H13N5O2S/c1-17-8-14-16-13(17)21-7-12(20)18-6-11(19)15-9-4-2-3-5-10(9)18/h2-5,8H,6-7H2,1H3,(H,15,19). The molecule has 0 radical (unpaired) electrons. The van der Waals surface area contributed by atoms with E-state index in [1.165, 1.54) is 16.7 Å². The van der Waals surface area contributed by atoms with Crippen LogP contribution < -0.4 is 10.2 Å². The summed E-state index contributed by atoms with van der Waals surface area (Å²) < 4.78 is 1.74. The van der Waals surface area contributed by atoms with E-state index >= 15 is 0 Å². The molecule has 1 aliphatic heterocycles. The number of thioether (sulfide) groups is 1. The van der Waals surface area contributed by atoms with Gasteiger partial charge in [0.25, 0.3) is 0 Å². The lowest BCUT2D eigenvalue weighted by atomic mass is 10.2. The molecule has 108 valence electrons. The monoisotopic (exact) mass is 303 g/mol. The SMILES string of the molecule is Cn1cnnc1SCC(=O)N1CC(=O)Nc2ccccc21. The number of rotatable bonds is 3. The van der Waals surface area contributed by atoms with E-state index in [-0.39, 0.29) is 24.1 Å². The molecule has 7 nitrogen and oxygen atoms in total. The van der Waals surface area contributed by atoms with Gasteiger partial charge in [0.2, 0.25) is 11.8 Å². The fraction of sp³-hybridized carbons (Fsp3) is 0.231. The number of aryl methyl sites for hydroxylation is 1. The van der Waals surface area contributed by atoms with E-state index in [1.807, 2.05) is 25.2 Å². The normalized spacial score (nSPS) is 13.8. The Kier molecular flexibility index (Phi) is 3.61. The minimum absolute atomic E-state index is 0.0369. The van der Waals surface area contributed by atoms with Gasteiger partial charge in [0.1, 0.15) is 12.9 Å². The van der Waals surface area contributed by atoms with Crippen molar-refractivity contribution in [2.24, 2.45) is 7.05 Å². The number of fused-ring (bicyclic) bond motifs is 1. The molecular formula is C13H13N5O2S. The van der Waals surface area contributed by atoms with E-state index in [9.17, 15) is 9.59 Å². The van der Waals surface area contributed by atoms with Crippen molar-refractivity contribution in [1.82, 2.24) is 14.8 Å². The predicted octanol–water partition coefficient (Wildman–Crippen LogP) is 0.892. The van der Waals surface area contributed by atoms with E-state index in [0.29, 0.717) is 10.8 Å². The Morgan fingerprint density at radius 2 is 2.24 bits per heavy atom. The quantitative estimate of drug-likeness (QED) is 0.852. The number of hydrogen-bond acceptors (Lipinski definition) is 5. The first-order chi connectivity index (χ1) is 10.1. The highest BCUT2D eigenvalue weighted by Crippen LogP contribution is 2.29. The van der Waals surface area contributed by atoms with E-state index < -0.39 is 0 Å². The van der Waals surface area contributed by atoms with Crippen LogP contribution in [0.2, 0.25) is 0 Å². The Morgan fingerprint density at radius 3 is 3.00 bits per heavy atom. The largest absolute Gasteiger partial charge is 0.323 e. The van der Waals surface area contributed by atoms with Crippen molar-refractivity contribution in [3.05, 3.63) is 30.6 Å². The third kappa shape index (κ3) is 2.75. The molecule has 0 fully saturated rings. The molecule has 2 aromatic rings. The van der Waals surface area contributed by atoms with Gasteiger partial charge in [0.05, 0.1) is 17.1 Å². The molecular weight excluding hydrogens is 290 g/mol. The van der Waals surface area contributed by atoms with Crippen LogP contribution in [0.25, 0.3) is 0 Å². The Labute approximate surface area is 125 Å². The molecule has 0 saturated carbocycles. The van der Waals surface area contributed by atoms with E-state index in [1.54, 1.807) is 17.0 Å².